The summed E-state index contributed by atoms with van der Waals surface area (Å²) < 4.78 is 43.4. The highest BCUT2D eigenvalue weighted by Gasteiger charge is 2.30. The highest BCUT2D eigenvalue weighted by molar-refractivity contribution is 7.92. The van der Waals surface area contributed by atoms with Gasteiger partial charge < -0.3 is 20.3 Å². The molecule has 1 unspecified atom stereocenters. The molecular formula is C15H21FN4O5S. The van der Waals surface area contributed by atoms with E-state index in [4.69, 9.17) is 4.74 Å². The Labute approximate surface area is 150 Å². The maximum absolute atomic E-state index is 13.8. The summed E-state index contributed by atoms with van der Waals surface area (Å²) in [6.45, 7) is 1.17. The van der Waals surface area contributed by atoms with Gasteiger partial charge >= 0.3 is 6.03 Å². The van der Waals surface area contributed by atoms with Crippen LogP contribution < -0.4 is 15.4 Å². The molecule has 0 radical (unpaired) electrons. The number of carbonyl (C=O) groups is 2. The van der Waals surface area contributed by atoms with Crippen molar-refractivity contribution in [3.63, 3.8) is 0 Å². The van der Waals surface area contributed by atoms with E-state index in [-0.39, 0.29) is 23.7 Å². The lowest BCUT2D eigenvalue weighted by atomic mass is 10.2. The SMILES string of the molecule is COCCN1CC(NC(=O)Nc2cc(NS(C)(=O)=O)ccc2F)CC1=O. The molecule has 144 valence electrons. The van der Waals surface area contributed by atoms with Crippen molar-refractivity contribution in [3.05, 3.63) is 24.0 Å². The molecule has 1 aromatic carbocycles. The first-order valence-electron chi connectivity index (χ1n) is 7.79. The van der Waals surface area contributed by atoms with Crippen LogP contribution in [0.5, 0.6) is 0 Å². The van der Waals surface area contributed by atoms with Crippen LogP contribution in [0.15, 0.2) is 18.2 Å². The van der Waals surface area contributed by atoms with Crippen LogP contribution in [-0.4, -0.2) is 64.4 Å². The van der Waals surface area contributed by atoms with Gasteiger partial charge in [0.25, 0.3) is 0 Å². The first-order chi connectivity index (χ1) is 12.2. The summed E-state index contributed by atoms with van der Waals surface area (Å²) in [5.74, 6) is -0.818. The zero-order valence-electron chi connectivity index (χ0n) is 14.4. The predicted octanol–water partition coefficient (Wildman–Crippen LogP) is 0.566. The van der Waals surface area contributed by atoms with E-state index >= 15 is 0 Å². The van der Waals surface area contributed by atoms with Crippen LogP contribution in [-0.2, 0) is 19.6 Å². The van der Waals surface area contributed by atoms with Gasteiger partial charge in [-0.3, -0.25) is 9.52 Å². The number of urea groups is 1. The second kappa shape index (κ2) is 8.32. The van der Waals surface area contributed by atoms with Crippen LogP contribution in [0.3, 0.4) is 0 Å². The molecule has 1 saturated heterocycles. The predicted molar refractivity (Wildman–Crippen MR) is 93.9 cm³/mol. The molecular weight excluding hydrogens is 367 g/mol. The summed E-state index contributed by atoms with van der Waals surface area (Å²) in [4.78, 5) is 25.5. The molecule has 0 bridgehead atoms. The van der Waals surface area contributed by atoms with Crippen molar-refractivity contribution in [2.24, 2.45) is 0 Å². The quantitative estimate of drug-likeness (QED) is 0.631. The van der Waals surface area contributed by atoms with Crippen molar-refractivity contribution < 1.29 is 27.1 Å². The summed E-state index contributed by atoms with van der Waals surface area (Å²) in [5, 5.41) is 4.92. The van der Waals surface area contributed by atoms with Gasteiger partial charge in [-0.2, -0.15) is 0 Å². The number of carbonyl (C=O) groups excluding carboxylic acids is 2. The molecule has 0 spiro atoms. The Bertz CT molecular complexity index is 786. The van der Waals surface area contributed by atoms with Gasteiger partial charge in [0.2, 0.25) is 15.9 Å². The second-order valence-corrected chi connectivity index (χ2v) is 7.65. The summed E-state index contributed by atoms with van der Waals surface area (Å²) in [7, 11) is -2.00. The van der Waals surface area contributed by atoms with Crippen LogP contribution in [0, 0.1) is 5.82 Å². The number of benzene rings is 1. The minimum Gasteiger partial charge on any atom is -0.383 e. The van der Waals surface area contributed by atoms with Crippen LogP contribution >= 0.6 is 0 Å². The van der Waals surface area contributed by atoms with Crippen LogP contribution in [0.25, 0.3) is 0 Å². The highest BCUT2D eigenvalue weighted by Crippen LogP contribution is 2.20. The fourth-order valence-corrected chi connectivity index (χ4v) is 3.08. The van der Waals surface area contributed by atoms with Gasteiger partial charge in [0.05, 0.1) is 30.3 Å². The molecule has 1 aliphatic rings. The number of nitrogens with one attached hydrogen (secondary N) is 3. The summed E-state index contributed by atoms with van der Waals surface area (Å²) in [6, 6.07) is 2.35. The van der Waals surface area contributed by atoms with Gasteiger partial charge in [-0.15, -0.1) is 0 Å². The largest absolute Gasteiger partial charge is 0.383 e. The third kappa shape index (κ3) is 5.85. The van der Waals surface area contributed by atoms with E-state index in [0.717, 1.165) is 12.3 Å². The van der Waals surface area contributed by atoms with E-state index < -0.39 is 27.9 Å². The van der Waals surface area contributed by atoms with E-state index in [2.05, 4.69) is 15.4 Å². The average molecular weight is 388 g/mol. The number of hydrogen-bond acceptors (Lipinski definition) is 5. The fraction of sp³-hybridized carbons (Fsp3) is 0.467. The van der Waals surface area contributed by atoms with Gasteiger partial charge in [-0.05, 0) is 18.2 Å². The zero-order chi connectivity index (χ0) is 19.3. The van der Waals surface area contributed by atoms with E-state index in [9.17, 15) is 22.4 Å². The first-order valence-corrected chi connectivity index (χ1v) is 9.68. The summed E-state index contributed by atoms with van der Waals surface area (Å²) >= 11 is 0. The molecule has 1 aliphatic heterocycles. The number of anilines is 2. The normalized spacial score (nSPS) is 17.3. The average Bonchev–Trinajstić information content (AvgIpc) is 2.86. The Morgan fingerprint density at radius 2 is 2.15 bits per heavy atom. The molecule has 26 heavy (non-hydrogen) atoms. The van der Waals surface area contributed by atoms with E-state index in [0.29, 0.717) is 19.7 Å². The van der Waals surface area contributed by atoms with Crippen LogP contribution in [0.1, 0.15) is 6.42 Å². The van der Waals surface area contributed by atoms with Gasteiger partial charge in [0.1, 0.15) is 5.82 Å². The molecule has 1 heterocycles. The fourth-order valence-electron chi connectivity index (χ4n) is 2.53. The monoisotopic (exact) mass is 388 g/mol. The number of halogens is 1. The van der Waals surface area contributed by atoms with Crippen molar-refractivity contribution in [2.75, 3.05) is 43.1 Å². The van der Waals surface area contributed by atoms with E-state index in [1.165, 1.54) is 19.2 Å². The van der Waals surface area contributed by atoms with Gasteiger partial charge in [0, 0.05) is 26.6 Å². The number of methoxy groups -OCH3 is 1. The maximum atomic E-state index is 13.8. The molecule has 1 aromatic rings. The summed E-state index contributed by atoms with van der Waals surface area (Å²) in [5.41, 5.74) is -0.0669. The van der Waals surface area contributed by atoms with E-state index in [1.54, 1.807) is 4.90 Å². The third-order valence-electron chi connectivity index (χ3n) is 3.63. The topological polar surface area (TPSA) is 117 Å². The van der Waals surface area contributed by atoms with Crippen LogP contribution in [0.2, 0.25) is 0 Å². The Hall–Kier alpha value is -2.40. The van der Waals surface area contributed by atoms with E-state index in [1.807, 2.05) is 0 Å². The Morgan fingerprint density at radius 3 is 2.81 bits per heavy atom. The molecule has 0 aromatic heterocycles. The van der Waals surface area contributed by atoms with Gasteiger partial charge in [-0.25, -0.2) is 17.6 Å². The molecule has 0 aliphatic carbocycles. The van der Waals surface area contributed by atoms with Crippen molar-refractivity contribution in [2.45, 2.75) is 12.5 Å². The van der Waals surface area contributed by atoms with Crippen molar-refractivity contribution in [1.29, 1.82) is 0 Å². The Morgan fingerprint density at radius 1 is 1.42 bits per heavy atom. The lowest BCUT2D eigenvalue weighted by Crippen LogP contribution is -2.40. The van der Waals surface area contributed by atoms with Crippen molar-refractivity contribution in [3.8, 4) is 0 Å². The Balaban J connectivity index is 1.95. The smallest absolute Gasteiger partial charge is 0.319 e. The molecule has 1 fully saturated rings. The van der Waals surface area contributed by atoms with Crippen molar-refractivity contribution >= 4 is 33.3 Å². The molecule has 9 nitrogen and oxygen atoms in total. The number of hydrogen-bond donors (Lipinski definition) is 3. The van der Waals surface area contributed by atoms with Gasteiger partial charge in [0.15, 0.2) is 0 Å². The van der Waals surface area contributed by atoms with Gasteiger partial charge in [-0.1, -0.05) is 0 Å². The lowest BCUT2D eigenvalue weighted by molar-refractivity contribution is -0.128. The number of ether oxygens (including phenoxy) is 1. The molecule has 0 saturated carbocycles. The molecule has 3 amide bonds. The number of sulfonamides is 1. The standard InChI is InChI=1S/C15H21FN4O5S/c1-25-6-5-20-9-11(8-14(20)21)17-15(22)18-13-7-10(3-4-12(13)16)19-26(2,23)24/h3-4,7,11,19H,5-6,8-9H2,1-2H3,(H2,17,18,22). The highest BCUT2D eigenvalue weighted by atomic mass is 32.2. The minimum absolute atomic E-state index is 0.0992. The molecule has 11 heteroatoms. The number of likely N-dealkylation sites (tertiary alicyclic amines) is 1. The molecule has 1 atom stereocenters. The molecule has 2 rings (SSSR count). The second-order valence-electron chi connectivity index (χ2n) is 5.90. The number of rotatable bonds is 7. The van der Waals surface area contributed by atoms with Crippen LogP contribution in [0.4, 0.5) is 20.6 Å². The first kappa shape index (κ1) is 19.9. The number of amides is 3. The third-order valence-corrected chi connectivity index (χ3v) is 4.24. The lowest BCUT2D eigenvalue weighted by Gasteiger charge is -2.17. The minimum atomic E-state index is -3.53. The zero-order valence-corrected chi connectivity index (χ0v) is 15.2. The van der Waals surface area contributed by atoms with Crippen molar-refractivity contribution in [1.82, 2.24) is 10.2 Å². The Kier molecular flexibility index (Phi) is 6.37. The molecule has 3 N–H and O–H groups in total. The summed E-state index contributed by atoms with van der Waals surface area (Å²) in [6.07, 6.45) is 1.11. The number of nitrogens with zero attached hydrogens (tertiary/aromatic N) is 1. The maximum Gasteiger partial charge on any atom is 0.319 e.